The van der Waals surface area contributed by atoms with Crippen molar-refractivity contribution in [2.75, 3.05) is 0 Å². The molecule has 0 fully saturated rings. The van der Waals surface area contributed by atoms with Crippen molar-refractivity contribution in [3.63, 3.8) is 0 Å². The number of nitrogens with zero attached hydrogens (tertiary/aromatic N) is 2. The monoisotopic (exact) mass is 504 g/mol. The Bertz CT molecular complexity index is 1900. The number of aryl methyl sites for hydroxylation is 1. The molecule has 0 spiro atoms. The van der Waals surface area contributed by atoms with Gasteiger partial charge in [0.1, 0.15) is 5.82 Å². The lowest BCUT2D eigenvalue weighted by Gasteiger charge is -2.21. The summed E-state index contributed by atoms with van der Waals surface area (Å²) in [6, 6.07) is 34.0. The summed E-state index contributed by atoms with van der Waals surface area (Å²) in [6.45, 7) is 1.91. The standard InChI is InChI=1S/C30H20N2O2S2/c1-19-31-24-8-5-9-28-30(24)32(19)25-15-14-23(18-29(25)36(28,33)34)20-10-12-22(13-11-20)27-17-16-26(35-27)21-6-3-2-4-7-21/h2-18H,1H3. The molecule has 2 aromatic heterocycles. The maximum absolute atomic E-state index is 13.6. The average Bonchev–Trinajstić information content (AvgIpc) is 3.53. The van der Waals surface area contributed by atoms with E-state index >= 15 is 0 Å². The zero-order valence-corrected chi connectivity index (χ0v) is 21.0. The summed E-state index contributed by atoms with van der Waals surface area (Å²) in [5, 5.41) is 0. The van der Waals surface area contributed by atoms with Crippen LogP contribution in [0.15, 0.2) is 113 Å². The number of imidazole rings is 1. The van der Waals surface area contributed by atoms with Crippen molar-refractivity contribution in [2.24, 2.45) is 0 Å². The second kappa shape index (κ2) is 7.75. The van der Waals surface area contributed by atoms with E-state index in [0.717, 1.165) is 22.5 Å². The number of sulfone groups is 1. The zero-order valence-electron chi connectivity index (χ0n) is 19.3. The highest BCUT2D eigenvalue weighted by atomic mass is 32.2. The van der Waals surface area contributed by atoms with E-state index in [1.165, 1.54) is 15.3 Å². The van der Waals surface area contributed by atoms with Crippen LogP contribution in [0.5, 0.6) is 0 Å². The lowest BCUT2D eigenvalue weighted by atomic mass is 10.0. The molecule has 0 bridgehead atoms. The number of hydrogen-bond donors (Lipinski definition) is 0. The molecule has 0 unspecified atom stereocenters. The van der Waals surface area contributed by atoms with Gasteiger partial charge in [-0.3, -0.25) is 4.57 Å². The van der Waals surface area contributed by atoms with Crippen LogP contribution in [0.2, 0.25) is 0 Å². The third kappa shape index (κ3) is 3.11. The molecule has 3 heterocycles. The second-order valence-corrected chi connectivity index (χ2v) is 11.9. The minimum absolute atomic E-state index is 0.313. The van der Waals surface area contributed by atoms with Gasteiger partial charge in [0, 0.05) is 9.75 Å². The molecule has 7 rings (SSSR count). The van der Waals surface area contributed by atoms with E-state index in [2.05, 4.69) is 65.6 Å². The largest absolute Gasteiger partial charge is 0.294 e. The van der Waals surface area contributed by atoms with Crippen LogP contribution in [0.1, 0.15) is 5.82 Å². The van der Waals surface area contributed by atoms with Gasteiger partial charge in [0.05, 0.1) is 26.5 Å². The quantitative estimate of drug-likeness (QED) is 0.250. The molecule has 0 amide bonds. The minimum Gasteiger partial charge on any atom is -0.294 e. The first kappa shape index (κ1) is 21.3. The van der Waals surface area contributed by atoms with E-state index in [4.69, 9.17) is 0 Å². The van der Waals surface area contributed by atoms with E-state index < -0.39 is 9.84 Å². The van der Waals surface area contributed by atoms with E-state index in [0.29, 0.717) is 26.5 Å². The smallest absolute Gasteiger partial charge is 0.210 e. The molecule has 0 aliphatic carbocycles. The van der Waals surface area contributed by atoms with Crippen LogP contribution in [0, 0.1) is 6.92 Å². The van der Waals surface area contributed by atoms with Crippen LogP contribution in [-0.4, -0.2) is 18.0 Å². The summed E-state index contributed by atoms with van der Waals surface area (Å²) < 4.78 is 29.1. The fraction of sp³-hybridized carbons (Fsp3) is 0.0333. The predicted molar refractivity (Wildman–Crippen MR) is 145 cm³/mol. The third-order valence-electron chi connectivity index (χ3n) is 6.75. The molecule has 0 atom stereocenters. The first-order valence-corrected chi connectivity index (χ1v) is 13.9. The van der Waals surface area contributed by atoms with Crippen molar-refractivity contribution < 1.29 is 8.42 Å². The number of rotatable bonds is 3. The predicted octanol–water partition coefficient (Wildman–Crippen LogP) is 7.54. The molecule has 174 valence electrons. The second-order valence-electron chi connectivity index (χ2n) is 8.91. The molecule has 36 heavy (non-hydrogen) atoms. The molecule has 0 saturated heterocycles. The van der Waals surface area contributed by atoms with Crippen molar-refractivity contribution in [3.8, 4) is 37.7 Å². The van der Waals surface area contributed by atoms with Crippen LogP contribution in [0.4, 0.5) is 0 Å². The molecule has 0 radical (unpaired) electrons. The topological polar surface area (TPSA) is 52.0 Å². The van der Waals surface area contributed by atoms with E-state index in [-0.39, 0.29) is 0 Å². The fourth-order valence-corrected chi connectivity index (χ4v) is 7.69. The number of thiophene rings is 1. The average molecular weight is 505 g/mol. The van der Waals surface area contributed by atoms with Gasteiger partial charge < -0.3 is 0 Å². The van der Waals surface area contributed by atoms with Gasteiger partial charge in [-0.25, -0.2) is 13.4 Å². The minimum atomic E-state index is -3.66. The van der Waals surface area contributed by atoms with E-state index in [1.807, 2.05) is 35.8 Å². The number of para-hydroxylation sites is 1. The molecule has 4 aromatic carbocycles. The number of fused-ring (bicyclic) bond motifs is 2. The van der Waals surface area contributed by atoms with Gasteiger partial charge in [-0.2, -0.15) is 0 Å². The summed E-state index contributed by atoms with van der Waals surface area (Å²) in [5.41, 5.74) is 6.21. The van der Waals surface area contributed by atoms with Crippen molar-refractivity contribution in [2.45, 2.75) is 16.7 Å². The summed E-state index contributed by atoms with van der Waals surface area (Å²) in [7, 11) is -3.66. The molecular formula is C30H20N2O2S2. The van der Waals surface area contributed by atoms with Gasteiger partial charge >= 0.3 is 0 Å². The Hall–Kier alpha value is -4.00. The Labute approximate surface area is 213 Å². The van der Waals surface area contributed by atoms with Crippen LogP contribution < -0.4 is 0 Å². The summed E-state index contributed by atoms with van der Waals surface area (Å²) in [5.74, 6) is 0.775. The van der Waals surface area contributed by atoms with Crippen molar-refractivity contribution in [1.29, 1.82) is 0 Å². The highest BCUT2D eigenvalue weighted by Gasteiger charge is 2.32. The molecular weight excluding hydrogens is 484 g/mol. The van der Waals surface area contributed by atoms with Crippen LogP contribution >= 0.6 is 11.3 Å². The highest BCUT2D eigenvalue weighted by molar-refractivity contribution is 7.92. The Balaban J connectivity index is 1.28. The van der Waals surface area contributed by atoms with Gasteiger partial charge in [-0.1, -0.05) is 66.7 Å². The third-order valence-corrected chi connectivity index (χ3v) is 9.75. The highest BCUT2D eigenvalue weighted by Crippen LogP contribution is 2.41. The van der Waals surface area contributed by atoms with Gasteiger partial charge in [0.15, 0.2) is 0 Å². The van der Waals surface area contributed by atoms with Gasteiger partial charge in [0.25, 0.3) is 0 Å². The number of benzene rings is 4. The Kier molecular flexibility index (Phi) is 4.58. The van der Waals surface area contributed by atoms with Crippen LogP contribution in [-0.2, 0) is 9.84 Å². The summed E-state index contributed by atoms with van der Waals surface area (Å²) in [6.07, 6.45) is 0. The first-order valence-electron chi connectivity index (χ1n) is 11.6. The normalized spacial score (nSPS) is 13.6. The Morgan fingerprint density at radius 3 is 2.08 bits per heavy atom. The molecule has 1 aliphatic rings. The lowest BCUT2D eigenvalue weighted by Crippen LogP contribution is -2.15. The van der Waals surface area contributed by atoms with Crippen LogP contribution in [0.3, 0.4) is 0 Å². The molecule has 4 nitrogen and oxygen atoms in total. The van der Waals surface area contributed by atoms with E-state index in [9.17, 15) is 8.42 Å². The molecule has 1 aliphatic heterocycles. The fourth-order valence-electron chi connectivity index (χ4n) is 5.01. The molecule has 0 saturated carbocycles. The van der Waals surface area contributed by atoms with E-state index in [1.54, 1.807) is 29.5 Å². The lowest BCUT2D eigenvalue weighted by molar-refractivity contribution is 0.594. The number of aromatic nitrogens is 2. The SMILES string of the molecule is Cc1nc2cccc3c2n1-c1ccc(-c2ccc(-c4ccc(-c5ccccc5)s4)cc2)cc1S3(=O)=O. The Morgan fingerprint density at radius 1 is 0.667 bits per heavy atom. The zero-order chi connectivity index (χ0) is 24.4. The van der Waals surface area contributed by atoms with Crippen LogP contribution in [0.25, 0.3) is 48.7 Å². The molecule has 0 N–H and O–H groups in total. The van der Waals surface area contributed by atoms with Gasteiger partial charge in [-0.15, -0.1) is 11.3 Å². The first-order chi connectivity index (χ1) is 17.5. The van der Waals surface area contributed by atoms with Gasteiger partial charge in [0.2, 0.25) is 9.84 Å². The summed E-state index contributed by atoms with van der Waals surface area (Å²) in [4.78, 5) is 7.65. The van der Waals surface area contributed by atoms with Gasteiger partial charge in [-0.05, 0) is 65.6 Å². The Morgan fingerprint density at radius 2 is 1.33 bits per heavy atom. The van der Waals surface area contributed by atoms with Crippen molar-refractivity contribution in [3.05, 3.63) is 109 Å². The van der Waals surface area contributed by atoms with Crippen molar-refractivity contribution >= 4 is 32.2 Å². The summed E-state index contributed by atoms with van der Waals surface area (Å²) >= 11 is 1.76. The number of hydrogen-bond acceptors (Lipinski definition) is 4. The maximum Gasteiger partial charge on any atom is 0.210 e. The van der Waals surface area contributed by atoms with Crippen molar-refractivity contribution in [1.82, 2.24) is 9.55 Å². The maximum atomic E-state index is 13.6. The molecule has 6 heteroatoms. The molecule has 6 aromatic rings.